The van der Waals surface area contributed by atoms with Crippen molar-refractivity contribution >= 4 is 22.0 Å². The van der Waals surface area contributed by atoms with Crippen molar-refractivity contribution in [3.05, 3.63) is 12.4 Å². The van der Waals surface area contributed by atoms with Gasteiger partial charge in [0.1, 0.15) is 0 Å². The van der Waals surface area contributed by atoms with E-state index in [0.717, 1.165) is 0 Å². The quantitative estimate of drug-likeness (QED) is 0.199. The van der Waals surface area contributed by atoms with Crippen LogP contribution in [0.1, 0.15) is 27.2 Å². The van der Waals surface area contributed by atoms with Gasteiger partial charge < -0.3 is 19.3 Å². The smallest absolute Gasteiger partial charge is 0.466 e. The Kier molecular flexibility index (Phi) is 7.69. The third-order valence-corrected chi connectivity index (χ3v) is 3.62. The van der Waals surface area contributed by atoms with Crippen molar-refractivity contribution < 1.29 is 58.4 Å². The van der Waals surface area contributed by atoms with Crippen molar-refractivity contribution in [2.24, 2.45) is 0 Å². The van der Waals surface area contributed by atoms with E-state index in [0.29, 0.717) is 0 Å². The molecule has 0 aliphatic rings. The fraction of sp³-hybridized carbons (Fsp3) is 0.692. The summed E-state index contributed by atoms with van der Waals surface area (Å²) in [4.78, 5) is 23.3. The number of amides is 1. The molecule has 0 saturated carbocycles. The number of esters is 1. The summed E-state index contributed by atoms with van der Waals surface area (Å²) >= 11 is 0. The number of nitrogens with one attached hydrogen (secondary N) is 1. The van der Waals surface area contributed by atoms with Crippen LogP contribution >= 0.6 is 0 Å². The number of carbonyl (C=O) groups excluding carboxylic acids is 2. The van der Waals surface area contributed by atoms with Crippen LogP contribution in [0.2, 0.25) is 0 Å². The van der Waals surface area contributed by atoms with Crippen LogP contribution in [-0.2, 0) is 29.2 Å². The molecule has 1 amide bonds. The van der Waals surface area contributed by atoms with Crippen molar-refractivity contribution in [2.75, 3.05) is 6.61 Å². The Morgan fingerprint density at radius 1 is 1.11 bits per heavy atom. The van der Waals surface area contributed by atoms with Crippen LogP contribution in [-0.4, -0.2) is 54.2 Å². The number of ether oxygens (including phenoxy) is 2. The molecule has 0 aliphatic carbocycles. The SMILES string of the molecule is C=C(F)C(=O)OC(OCCC(F)(F)S(=O)(=O)[O-])(C(=O)NC(C)(C)C)C(F)(F)F. The van der Waals surface area contributed by atoms with Crippen LogP contribution in [0.3, 0.4) is 0 Å². The zero-order valence-corrected chi connectivity index (χ0v) is 15.5. The maximum absolute atomic E-state index is 13.5. The molecule has 0 aromatic carbocycles. The average molecular weight is 444 g/mol. The predicted octanol–water partition coefficient (Wildman–Crippen LogP) is 1.73. The normalized spacial score (nSPS) is 15.5. The van der Waals surface area contributed by atoms with Gasteiger partial charge in [0.2, 0.25) is 5.83 Å². The van der Waals surface area contributed by atoms with Crippen molar-refractivity contribution in [1.29, 1.82) is 0 Å². The molecule has 164 valence electrons. The second kappa shape index (κ2) is 8.24. The molecule has 0 aromatic heterocycles. The Bertz CT molecular complexity index is 729. The van der Waals surface area contributed by atoms with Crippen molar-refractivity contribution in [3.63, 3.8) is 0 Å². The molecule has 0 rings (SSSR count). The van der Waals surface area contributed by atoms with E-state index >= 15 is 0 Å². The van der Waals surface area contributed by atoms with E-state index in [1.807, 2.05) is 0 Å². The van der Waals surface area contributed by atoms with Gasteiger partial charge in [-0.25, -0.2) is 13.2 Å². The summed E-state index contributed by atoms with van der Waals surface area (Å²) in [6.45, 7) is 4.06. The van der Waals surface area contributed by atoms with E-state index in [2.05, 4.69) is 16.1 Å². The Morgan fingerprint density at radius 2 is 1.57 bits per heavy atom. The molecule has 1 N–H and O–H groups in total. The molecule has 0 heterocycles. The number of hydrogen-bond donors (Lipinski definition) is 1. The Balaban J connectivity index is 6.02. The first kappa shape index (κ1) is 26.1. The highest BCUT2D eigenvalue weighted by atomic mass is 32.2. The van der Waals surface area contributed by atoms with Gasteiger partial charge in [-0.1, -0.05) is 6.58 Å². The van der Waals surface area contributed by atoms with Crippen LogP contribution in [0, 0.1) is 0 Å². The van der Waals surface area contributed by atoms with Crippen LogP contribution < -0.4 is 5.32 Å². The van der Waals surface area contributed by atoms with Crippen molar-refractivity contribution in [3.8, 4) is 0 Å². The number of carbonyl (C=O) groups is 2. The van der Waals surface area contributed by atoms with Gasteiger partial charge in [-0.15, -0.1) is 0 Å². The second-order valence-electron chi connectivity index (χ2n) is 6.30. The molecule has 1 unspecified atom stereocenters. The number of halogens is 6. The zero-order valence-electron chi connectivity index (χ0n) is 14.7. The highest BCUT2D eigenvalue weighted by Gasteiger charge is 2.67. The summed E-state index contributed by atoms with van der Waals surface area (Å²) in [7, 11) is -6.27. The third kappa shape index (κ3) is 6.63. The summed E-state index contributed by atoms with van der Waals surface area (Å²) < 4.78 is 118. The number of rotatable bonds is 8. The van der Waals surface area contributed by atoms with Crippen molar-refractivity contribution in [1.82, 2.24) is 5.32 Å². The summed E-state index contributed by atoms with van der Waals surface area (Å²) in [5.41, 5.74) is -1.39. The Labute approximate surface area is 155 Å². The van der Waals surface area contributed by atoms with Gasteiger partial charge in [-0.3, -0.25) is 4.79 Å². The highest BCUT2D eigenvalue weighted by molar-refractivity contribution is 7.86. The van der Waals surface area contributed by atoms with Gasteiger partial charge in [0.05, 0.1) is 6.61 Å². The monoisotopic (exact) mass is 444 g/mol. The maximum Gasteiger partial charge on any atom is 0.466 e. The van der Waals surface area contributed by atoms with E-state index in [9.17, 15) is 48.9 Å². The first-order valence-corrected chi connectivity index (χ1v) is 8.51. The van der Waals surface area contributed by atoms with E-state index in [-0.39, 0.29) is 0 Å². The minimum absolute atomic E-state index is 1.19. The number of alkyl halides is 5. The summed E-state index contributed by atoms with van der Waals surface area (Å²) in [6.07, 6.45) is -8.05. The molecule has 0 fully saturated rings. The lowest BCUT2D eigenvalue weighted by Crippen LogP contribution is -2.64. The molecule has 1 atom stereocenters. The zero-order chi connectivity index (χ0) is 22.8. The van der Waals surface area contributed by atoms with Gasteiger partial charge in [0.25, 0.3) is 0 Å². The molecule has 0 aromatic rings. The van der Waals surface area contributed by atoms with Crippen LogP contribution in [0.5, 0.6) is 0 Å². The fourth-order valence-corrected chi connectivity index (χ4v) is 1.79. The summed E-state index contributed by atoms with van der Waals surface area (Å²) in [6, 6.07) is 0. The molecular formula is C13H16F6NO7S-. The summed E-state index contributed by atoms with van der Waals surface area (Å²) in [5.74, 6) is -11.3. The molecule has 0 aliphatic heterocycles. The molecule has 28 heavy (non-hydrogen) atoms. The van der Waals surface area contributed by atoms with Gasteiger partial charge in [0.15, 0.2) is 10.1 Å². The highest BCUT2D eigenvalue weighted by Crippen LogP contribution is 2.37. The van der Waals surface area contributed by atoms with Gasteiger partial charge in [-0.2, -0.15) is 26.3 Å². The third-order valence-electron chi connectivity index (χ3n) is 2.68. The van der Waals surface area contributed by atoms with Gasteiger partial charge in [-0.05, 0) is 20.8 Å². The summed E-state index contributed by atoms with van der Waals surface area (Å²) in [5, 5.41) is -3.35. The molecular weight excluding hydrogens is 428 g/mol. The van der Waals surface area contributed by atoms with E-state index < -0.39 is 63.6 Å². The largest absolute Gasteiger partial charge is 0.743 e. The van der Waals surface area contributed by atoms with Crippen LogP contribution in [0.4, 0.5) is 26.3 Å². The van der Waals surface area contributed by atoms with Gasteiger partial charge in [0, 0.05) is 12.0 Å². The maximum atomic E-state index is 13.5. The molecule has 15 heteroatoms. The predicted molar refractivity (Wildman–Crippen MR) is 78.2 cm³/mol. The lowest BCUT2D eigenvalue weighted by atomic mass is 10.1. The molecule has 0 saturated heterocycles. The molecule has 8 nitrogen and oxygen atoms in total. The Morgan fingerprint density at radius 3 is 1.89 bits per heavy atom. The first-order valence-electron chi connectivity index (χ1n) is 7.10. The average Bonchev–Trinajstić information content (AvgIpc) is 2.40. The number of hydrogen-bond acceptors (Lipinski definition) is 7. The van der Waals surface area contributed by atoms with Crippen molar-refractivity contribution in [2.45, 2.75) is 49.9 Å². The van der Waals surface area contributed by atoms with E-state index in [4.69, 9.17) is 0 Å². The lowest BCUT2D eigenvalue weighted by Gasteiger charge is -2.35. The van der Waals surface area contributed by atoms with E-state index in [1.54, 1.807) is 5.32 Å². The lowest BCUT2D eigenvalue weighted by molar-refractivity contribution is -0.348. The van der Waals surface area contributed by atoms with Gasteiger partial charge >= 0.3 is 29.1 Å². The molecule has 0 bridgehead atoms. The standard InChI is InChI=1S/C13H17F6NO7S/c1-7(14)8(21)27-12(13(17,18)19,9(22)20-10(2,3)4)26-6-5-11(15,16)28(23,24)25/h1,5-6H2,2-4H3,(H,20,22)(H,23,24,25)/p-1. The first-order chi connectivity index (χ1) is 12.2. The second-order valence-corrected chi connectivity index (χ2v) is 7.81. The molecule has 0 radical (unpaired) electrons. The minimum atomic E-state index is -6.27. The van der Waals surface area contributed by atoms with E-state index in [1.165, 1.54) is 20.8 Å². The molecule has 0 spiro atoms. The Hall–Kier alpha value is -1.87. The minimum Gasteiger partial charge on any atom is -0.743 e. The van der Waals surface area contributed by atoms with Crippen LogP contribution in [0.25, 0.3) is 0 Å². The van der Waals surface area contributed by atoms with Crippen LogP contribution in [0.15, 0.2) is 12.4 Å². The fourth-order valence-electron chi connectivity index (χ4n) is 1.46. The topological polar surface area (TPSA) is 122 Å².